The van der Waals surface area contributed by atoms with Gasteiger partial charge in [0.15, 0.2) is 0 Å². The van der Waals surface area contributed by atoms with E-state index in [2.05, 4.69) is 43.7 Å². The molecule has 3 aromatic rings. The first-order chi connectivity index (χ1) is 11.4. The second kappa shape index (κ2) is 6.19. The van der Waals surface area contributed by atoms with Gasteiger partial charge >= 0.3 is 0 Å². The maximum atomic E-state index is 6.22. The molecule has 0 aliphatic rings. The SMILES string of the molecule is CCc1c(N)nc2ccccc2c1-c1ccnc(CC(C)(C)C)n1. The van der Waals surface area contributed by atoms with Gasteiger partial charge in [0.05, 0.1) is 11.2 Å². The number of hydrogen-bond acceptors (Lipinski definition) is 4. The first-order valence-electron chi connectivity index (χ1n) is 8.38. The Morgan fingerprint density at radius 2 is 1.79 bits per heavy atom. The molecular formula is C20H24N4. The van der Waals surface area contributed by atoms with Crippen molar-refractivity contribution < 1.29 is 0 Å². The molecule has 0 fully saturated rings. The summed E-state index contributed by atoms with van der Waals surface area (Å²) in [6.07, 6.45) is 3.49. The Bertz CT molecular complexity index is 878. The van der Waals surface area contributed by atoms with Gasteiger partial charge in [0.25, 0.3) is 0 Å². The van der Waals surface area contributed by atoms with E-state index in [-0.39, 0.29) is 5.41 Å². The van der Waals surface area contributed by atoms with Crippen molar-refractivity contribution in [3.63, 3.8) is 0 Å². The lowest BCUT2D eigenvalue weighted by Gasteiger charge is -2.18. The molecule has 0 radical (unpaired) electrons. The molecule has 24 heavy (non-hydrogen) atoms. The number of anilines is 1. The second-order valence-corrected chi connectivity index (χ2v) is 7.32. The van der Waals surface area contributed by atoms with Gasteiger partial charge in [-0.05, 0) is 24.0 Å². The molecule has 0 atom stereocenters. The molecule has 3 rings (SSSR count). The normalized spacial score (nSPS) is 11.8. The highest BCUT2D eigenvalue weighted by atomic mass is 14.9. The summed E-state index contributed by atoms with van der Waals surface area (Å²) in [6, 6.07) is 10.1. The largest absolute Gasteiger partial charge is 0.383 e. The van der Waals surface area contributed by atoms with Crippen molar-refractivity contribution in [2.45, 2.75) is 40.5 Å². The highest BCUT2D eigenvalue weighted by Crippen LogP contribution is 2.33. The summed E-state index contributed by atoms with van der Waals surface area (Å²) in [5, 5.41) is 1.09. The van der Waals surface area contributed by atoms with E-state index < -0.39 is 0 Å². The van der Waals surface area contributed by atoms with Crippen molar-refractivity contribution in [2.75, 3.05) is 5.73 Å². The van der Waals surface area contributed by atoms with Gasteiger partial charge in [-0.1, -0.05) is 45.9 Å². The first kappa shape index (κ1) is 16.4. The fourth-order valence-electron chi connectivity index (χ4n) is 3.02. The molecule has 0 aliphatic heterocycles. The molecule has 2 aromatic heterocycles. The molecule has 0 unspecified atom stereocenters. The predicted octanol–water partition coefficient (Wildman–Crippen LogP) is 4.43. The van der Waals surface area contributed by atoms with E-state index in [4.69, 9.17) is 10.7 Å². The fourth-order valence-corrected chi connectivity index (χ4v) is 3.02. The van der Waals surface area contributed by atoms with E-state index in [0.717, 1.165) is 46.4 Å². The molecule has 2 heterocycles. The van der Waals surface area contributed by atoms with E-state index in [0.29, 0.717) is 5.82 Å². The fraction of sp³-hybridized carbons (Fsp3) is 0.350. The smallest absolute Gasteiger partial charge is 0.129 e. The Balaban J connectivity index is 2.24. The van der Waals surface area contributed by atoms with Crippen LogP contribution in [0.25, 0.3) is 22.2 Å². The molecule has 1 aromatic carbocycles. The van der Waals surface area contributed by atoms with E-state index in [1.54, 1.807) is 0 Å². The van der Waals surface area contributed by atoms with Gasteiger partial charge in [0, 0.05) is 29.1 Å². The van der Waals surface area contributed by atoms with Crippen molar-refractivity contribution in [1.82, 2.24) is 15.0 Å². The number of aromatic nitrogens is 3. The van der Waals surface area contributed by atoms with Gasteiger partial charge in [-0.15, -0.1) is 0 Å². The minimum atomic E-state index is 0.144. The van der Waals surface area contributed by atoms with E-state index in [9.17, 15) is 0 Å². The average molecular weight is 320 g/mol. The Morgan fingerprint density at radius 1 is 1.04 bits per heavy atom. The zero-order valence-corrected chi connectivity index (χ0v) is 14.8. The lowest BCUT2D eigenvalue weighted by Crippen LogP contribution is -2.12. The van der Waals surface area contributed by atoms with Crippen LogP contribution in [0.1, 0.15) is 39.1 Å². The Morgan fingerprint density at radius 3 is 2.50 bits per heavy atom. The number of rotatable bonds is 3. The van der Waals surface area contributed by atoms with Crippen LogP contribution in [0.15, 0.2) is 36.5 Å². The molecule has 0 saturated heterocycles. The number of nitrogen functional groups attached to an aromatic ring is 1. The van der Waals surface area contributed by atoms with Crippen molar-refractivity contribution in [2.24, 2.45) is 5.41 Å². The predicted molar refractivity (Wildman–Crippen MR) is 99.7 cm³/mol. The highest BCUT2D eigenvalue weighted by Gasteiger charge is 2.17. The molecule has 0 bridgehead atoms. The zero-order chi connectivity index (χ0) is 17.3. The van der Waals surface area contributed by atoms with Crippen LogP contribution in [0.4, 0.5) is 5.82 Å². The van der Waals surface area contributed by atoms with Crippen LogP contribution < -0.4 is 5.73 Å². The minimum Gasteiger partial charge on any atom is -0.383 e. The van der Waals surface area contributed by atoms with Crippen LogP contribution in [0, 0.1) is 5.41 Å². The van der Waals surface area contributed by atoms with Crippen LogP contribution in [0.2, 0.25) is 0 Å². The molecule has 4 heteroatoms. The lowest BCUT2D eigenvalue weighted by molar-refractivity contribution is 0.401. The lowest BCUT2D eigenvalue weighted by atomic mass is 9.91. The number of fused-ring (bicyclic) bond motifs is 1. The minimum absolute atomic E-state index is 0.144. The molecule has 4 nitrogen and oxygen atoms in total. The van der Waals surface area contributed by atoms with Crippen LogP contribution in [-0.4, -0.2) is 15.0 Å². The zero-order valence-electron chi connectivity index (χ0n) is 14.8. The van der Waals surface area contributed by atoms with E-state index in [1.807, 2.05) is 30.5 Å². The van der Waals surface area contributed by atoms with Crippen molar-refractivity contribution in [3.8, 4) is 11.3 Å². The maximum absolute atomic E-state index is 6.22. The Labute approximate surface area is 143 Å². The van der Waals surface area contributed by atoms with E-state index in [1.165, 1.54) is 0 Å². The third kappa shape index (κ3) is 3.23. The van der Waals surface area contributed by atoms with Crippen LogP contribution in [0.3, 0.4) is 0 Å². The van der Waals surface area contributed by atoms with Crippen LogP contribution in [0.5, 0.6) is 0 Å². The molecule has 0 saturated carbocycles. The Hall–Kier alpha value is -2.49. The molecule has 0 spiro atoms. The maximum Gasteiger partial charge on any atom is 0.129 e. The van der Waals surface area contributed by atoms with Crippen molar-refractivity contribution in [3.05, 3.63) is 47.9 Å². The summed E-state index contributed by atoms with van der Waals surface area (Å²) in [7, 11) is 0. The third-order valence-electron chi connectivity index (χ3n) is 4.03. The summed E-state index contributed by atoms with van der Waals surface area (Å²) < 4.78 is 0. The van der Waals surface area contributed by atoms with Gasteiger partial charge < -0.3 is 5.73 Å². The highest BCUT2D eigenvalue weighted by molar-refractivity contribution is 5.97. The van der Waals surface area contributed by atoms with Gasteiger partial charge in [0.1, 0.15) is 11.6 Å². The third-order valence-corrected chi connectivity index (χ3v) is 4.03. The van der Waals surface area contributed by atoms with Crippen molar-refractivity contribution in [1.29, 1.82) is 0 Å². The molecule has 124 valence electrons. The molecule has 0 aliphatic carbocycles. The van der Waals surface area contributed by atoms with Gasteiger partial charge in [-0.3, -0.25) is 0 Å². The number of hydrogen-bond donors (Lipinski definition) is 1. The van der Waals surface area contributed by atoms with Gasteiger partial charge in [-0.2, -0.15) is 0 Å². The topological polar surface area (TPSA) is 64.7 Å². The number of para-hydroxylation sites is 1. The second-order valence-electron chi connectivity index (χ2n) is 7.32. The Kier molecular flexibility index (Phi) is 4.22. The standard InChI is InChI=1S/C20H24N4/c1-5-13-18(14-8-6-7-9-15(14)24-19(13)21)16-10-11-22-17(23-16)12-20(2,3)4/h6-11H,5,12H2,1-4H3,(H2,21,24). The summed E-state index contributed by atoms with van der Waals surface area (Å²) in [6.45, 7) is 8.68. The number of pyridine rings is 1. The summed E-state index contributed by atoms with van der Waals surface area (Å²) in [5.74, 6) is 1.45. The number of benzene rings is 1. The first-order valence-corrected chi connectivity index (χ1v) is 8.38. The van der Waals surface area contributed by atoms with Crippen LogP contribution in [-0.2, 0) is 12.8 Å². The molecular weight excluding hydrogens is 296 g/mol. The average Bonchev–Trinajstić information content (AvgIpc) is 2.52. The van der Waals surface area contributed by atoms with Gasteiger partial charge in [0.2, 0.25) is 0 Å². The number of nitrogens with two attached hydrogens (primary N) is 1. The quantitative estimate of drug-likeness (QED) is 0.775. The molecule has 2 N–H and O–H groups in total. The van der Waals surface area contributed by atoms with Crippen LogP contribution >= 0.6 is 0 Å². The van der Waals surface area contributed by atoms with Gasteiger partial charge in [-0.25, -0.2) is 15.0 Å². The molecule has 0 amide bonds. The monoisotopic (exact) mass is 320 g/mol. The summed E-state index contributed by atoms with van der Waals surface area (Å²) >= 11 is 0. The summed E-state index contributed by atoms with van der Waals surface area (Å²) in [5.41, 5.74) is 10.3. The summed E-state index contributed by atoms with van der Waals surface area (Å²) in [4.78, 5) is 13.8. The van der Waals surface area contributed by atoms with Crippen molar-refractivity contribution >= 4 is 16.7 Å². The number of nitrogens with zero attached hydrogens (tertiary/aromatic N) is 3. The van der Waals surface area contributed by atoms with E-state index >= 15 is 0 Å².